The average molecular weight is 436 g/mol. The van der Waals surface area contributed by atoms with E-state index in [-0.39, 0.29) is 27.1 Å². The molecule has 5 nitrogen and oxygen atoms in total. The maximum absolute atomic E-state index is 12.9. The number of rotatable bonds is 6. The van der Waals surface area contributed by atoms with Crippen molar-refractivity contribution in [3.05, 3.63) is 82.8 Å². The minimum Gasteiger partial charge on any atom is -0.424 e. The molecule has 0 bridgehead atoms. The highest BCUT2D eigenvalue weighted by Gasteiger charge is 2.21. The summed E-state index contributed by atoms with van der Waals surface area (Å²) in [5, 5.41) is 3.43. The minimum absolute atomic E-state index is 0.0646. The van der Waals surface area contributed by atoms with Crippen molar-refractivity contribution in [1.82, 2.24) is 0 Å². The molecule has 0 radical (unpaired) electrons. The van der Waals surface area contributed by atoms with E-state index in [2.05, 4.69) is 5.32 Å². The van der Waals surface area contributed by atoms with Crippen molar-refractivity contribution >= 4 is 44.7 Å². The molecule has 0 spiro atoms. The number of esters is 1. The Bertz CT molecular complexity index is 1100. The van der Waals surface area contributed by atoms with Gasteiger partial charge in [0.05, 0.1) is 20.5 Å². The molecule has 0 aliphatic rings. The van der Waals surface area contributed by atoms with Gasteiger partial charge in [0.15, 0.2) is 5.75 Å². The maximum Gasteiger partial charge on any atom is 0.330 e. The van der Waals surface area contributed by atoms with Gasteiger partial charge in [0.2, 0.25) is 9.84 Å². The second kappa shape index (κ2) is 8.65. The Morgan fingerprint density at radius 3 is 2.36 bits per heavy atom. The van der Waals surface area contributed by atoms with E-state index < -0.39 is 15.8 Å². The number of para-hydroxylation sites is 1. The van der Waals surface area contributed by atoms with E-state index in [1.54, 1.807) is 42.5 Å². The highest BCUT2D eigenvalue weighted by molar-refractivity contribution is 7.91. The molecule has 0 heterocycles. The molecule has 28 heavy (non-hydrogen) atoms. The molecule has 8 heteroatoms. The van der Waals surface area contributed by atoms with Gasteiger partial charge in [-0.1, -0.05) is 53.5 Å². The van der Waals surface area contributed by atoms with E-state index in [1.807, 2.05) is 0 Å². The summed E-state index contributed by atoms with van der Waals surface area (Å²) >= 11 is 11.8. The van der Waals surface area contributed by atoms with Crippen LogP contribution in [0.5, 0.6) is 5.75 Å². The number of ether oxygens (including phenoxy) is 1. The fourth-order valence-electron chi connectivity index (χ4n) is 2.46. The second-order valence-electron chi connectivity index (χ2n) is 5.72. The van der Waals surface area contributed by atoms with E-state index in [4.69, 9.17) is 27.9 Å². The van der Waals surface area contributed by atoms with Crippen LogP contribution < -0.4 is 10.1 Å². The molecule has 0 saturated carbocycles. The van der Waals surface area contributed by atoms with Crippen LogP contribution in [-0.2, 0) is 14.6 Å². The summed E-state index contributed by atoms with van der Waals surface area (Å²) in [6, 6.07) is 18.9. The smallest absolute Gasteiger partial charge is 0.330 e. The third kappa shape index (κ3) is 4.65. The molecule has 0 amide bonds. The van der Waals surface area contributed by atoms with Gasteiger partial charge >= 0.3 is 5.97 Å². The molecule has 3 aromatic carbocycles. The van der Waals surface area contributed by atoms with E-state index in [9.17, 15) is 13.2 Å². The van der Waals surface area contributed by atoms with Gasteiger partial charge in [0, 0.05) is 11.1 Å². The first-order valence-electron chi connectivity index (χ1n) is 8.17. The highest BCUT2D eigenvalue weighted by Crippen LogP contribution is 2.29. The number of carbonyl (C=O) groups excluding carboxylic acids is 1. The summed E-state index contributed by atoms with van der Waals surface area (Å²) in [5.41, 5.74) is 0.292. The fourth-order valence-corrected chi connectivity index (χ4v) is 4.23. The average Bonchev–Trinajstić information content (AvgIpc) is 2.70. The Balaban J connectivity index is 1.77. The van der Waals surface area contributed by atoms with Crippen LogP contribution in [-0.4, -0.2) is 20.9 Å². The van der Waals surface area contributed by atoms with E-state index in [0.29, 0.717) is 10.7 Å². The van der Waals surface area contributed by atoms with Crippen LogP contribution in [0.25, 0.3) is 0 Å². The van der Waals surface area contributed by atoms with Gasteiger partial charge < -0.3 is 10.1 Å². The predicted molar refractivity (Wildman–Crippen MR) is 109 cm³/mol. The minimum atomic E-state index is -3.74. The normalized spacial score (nSPS) is 11.1. The number of nitrogens with one attached hydrogen (secondary N) is 1. The molecule has 0 unspecified atom stereocenters. The van der Waals surface area contributed by atoms with Gasteiger partial charge in [0.1, 0.15) is 6.54 Å². The van der Waals surface area contributed by atoms with Gasteiger partial charge in [-0.2, -0.15) is 0 Å². The third-order valence-corrected chi connectivity index (χ3v) is 6.15. The Kier molecular flexibility index (Phi) is 6.24. The standard InChI is InChI=1S/C20H15Cl2NO4S/c21-14-10-11-16(22)18(12-14)27-20(24)13-23-17-8-4-5-9-19(17)28(25,26)15-6-2-1-3-7-15/h1-12,23H,13H2. The van der Waals surface area contributed by atoms with Crippen molar-refractivity contribution < 1.29 is 17.9 Å². The van der Waals surface area contributed by atoms with Gasteiger partial charge in [-0.3, -0.25) is 0 Å². The van der Waals surface area contributed by atoms with Crippen LogP contribution in [0.1, 0.15) is 0 Å². The zero-order chi connectivity index (χ0) is 20.1. The molecule has 1 N–H and O–H groups in total. The Hall–Kier alpha value is -2.54. The quantitative estimate of drug-likeness (QED) is 0.442. The SMILES string of the molecule is O=C(CNc1ccccc1S(=O)(=O)c1ccccc1)Oc1cc(Cl)ccc1Cl. The van der Waals surface area contributed by atoms with Crippen LogP contribution >= 0.6 is 23.2 Å². The summed E-state index contributed by atoms with van der Waals surface area (Å²) in [4.78, 5) is 12.4. The molecule has 0 saturated heterocycles. The lowest BCUT2D eigenvalue weighted by Crippen LogP contribution is -2.20. The molecule has 0 aliphatic heterocycles. The van der Waals surface area contributed by atoms with Crippen LogP contribution in [0.2, 0.25) is 10.0 Å². The van der Waals surface area contributed by atoms with Crippen molar-refractivity contribution in [1.29, 1.82) is 0 Å². The number of carbonyl (C=O) groups is 1. The lowest BCUT2D eigenvalue weighted by Gasteiger charge is -2.13. The number of anilines is 1. The number of halogens is 2. The summed E-state index contributed by atoms with van der Waals surface area (Å²) < 4.78 is 31.0. The van der Waals surface area contributed by atoms with Gasteiger partial charge in [-0.05, 0) is 36.4 Å². The largest absolute Gasteiger partial charge is 0.424 e. The molecule has 0 fully saturated rings. The first-order valence-corrected chi connectivity index (χ1v) is 10.4. The van der Waals surface area contributed by atoms with Crippen LogP contribution in [0.15, 0.2) is 82.6 Å². The molecule has 144 valence electrons. The summed E-state index contributed by atoms with van der Waals surface area (Å²) in [5.74, 6) is -0.512. The molecule has 0 atom stereocenters. The predicted octanol–water partition coefficient (Wildman–Crippen LogP) is 4.84. The number of sulfone groups is 1. The zero-order valence-corrected chi connectivity index (χ0v) is 16.8. The lowest BCUT2D eigenvalue weighted by molar-refractivity contribution is -0.132. The zero-order valence-electron chi connectivity index (χ0n) is 14.4. The number of hydrogen-bond donors (Lipinski definition) is 1. The van der Waals surface area contributed by atoms with Crippen molar-refractivity contribution in [3.8, 4) is 5.75 Å². The van der Waals surface area contributed by atoms with E-state index >= 15 is 0 Å². The van der Waals surface area contributed by atoms with E-state index in [0.717, 1.165) is 0 Å². The fraction of sp³-hybridized carbons (Fsp3) is 0.0500. The highest BCUT2D eigenvalue weighted by atomic mass is 35.5. The molecule has 3 aromatic rings. The first kappa shape index (κ1) is 20.2. The van der Waals surface area contributed by atoms with Crippen LogP contribution in [0, 0.1) is 0 Å². The molecule has 0 aromatic heterocycles. The Morgan fingerprint density at radius 1 is 0.929 bits per heavy atom. The number of hydrogen-bond acceptors (Lipinski definition) is 5. The topological polar surface area (TPSA) is 72.5 Å². The number of benzene rings is 3. The summed E-state index contributed by atoms with van der Waals surface area (Å²) in [7, 11) is -3.74. The molecule has 0 aliphatic carbocycles. The van der Waals surface area contributed by atoms with Crippen molar-refractivity contribution in [2.75, 3.05) is 11.9 Å². The van der Waals surface area contributed by atoms with Gasteiger partial charge in [-0.25, -0.2) is 13.2 Å². The van der Waals surface area contributed by atoms with Crippen molar-refractivity contribution in [2.45, 2.75) is 9.79 Å². The van der Waals surface area contributed by atoms with Crippen LogP contribution in [0.3, 0.4) is 0 Å². The lowest BCUT2D eigenvalue weighted by atomic mass is 10.3. The van der Waals surface area contributed by atoms with Gasteiger partial charge in [-0.15, -0.1) is 0 Å². The first-order chi connectivity index (χ1) is 13.4. The Labute approximate surface area is 172 Å². The second-order valence-corrected chi connectivity index (χ2v) is 8.48. The van der Waals surface area contributed by atoms with E-state index in [1.165, 1.54) is 30.3 Å². The van der Waals surface area contributed by atoms with Crippen molar-refractivity contribution in [3.63, 3.8) is 0 Å². The molecular formula is C20H15Cl2NO4S. The maximum atomic E-state index is 12.9. The molecular weight excluding hydrogens is 421 g/mol. The monoisotopic (exact) mass is 435 g/mol. The Morgan fingerprint density at radius 2 is 1.61 bits per heavy atom. The third-order valence-electron chi connectivity index (χ3n) is 3.77. The molecule has 3 rings (SSSR count). The van der Waals surface area contributed by atoms with Gasteiger partial charge in [0.25, 0.3) is 0 Å². The summed E-state index contributed by atoms with van der Waals surface area (Å²) in [6.45, 7) is -0.260. The summed E-state index contributed by atoms with van der Waals surface area (Å²) in [6.07, 6.45) is 0. The van der Waals surface area contributed by atoms with Crippen molar-refractivity contribution in [2.24, 2.45) is 0 Å². The van der Waals surface area contributed by atoms with Crippen LogP contribution in [0.4, 0.5) is 5.69 Å².